The summed E-state index contributed by atoms with van der Waals surface area (Å²) in [4.78, 5) is 0. The highest BCUT2D eigenvalue weighted by Gasteiger charge is 2.10. The molecule has 1 unspecified atom stereocenters. The molecule has 2 aromatic rings. The molecule has 0 heterocycles. The van der Waals surface area contributed by atoms with E-state index in [1.165, 1.54) is 11.1 Å². The van der Waals surface area contributed by atoms with Crippen molar-refractivity contribution in [3.05, 3.63) is 71.8 Å². The van der Waals surface area contributed by atoms with Crippen LogP contribution in [0.15, 0.2) is 60.7 Å². The van der Waals surface area contributed by atoms with Crippen LogP contribution in [0.5, 0.6) is 0 Å². The highest BCUT2D eigenvalue weighted by Crippen LogP contribution is 2.19. The van der Waals surface area contributed by atoms with E-state index in [-0.39, 0.29) is 0 Å². The first-order valence-electron chi connectivity index (χ1n) is 6.13. The van der Waals surface area contributed by atoms with Gasteiger partial charge in [0, 0.05) is 12.5 Å². The summed E-state index contributed by atoms with van der Waals surface area (Å²) in [5, 5.41) is 3.29. The van der Waals surface area contributed by atoms with Crippen LogP contribution >= 0.6 is 0 Å². The van der Waals surface area contributed by atoms with Gasteiger partial charge >= 0.3 is 0 Å². The molecule has 0 saturated carbocycles. The molecule has 1 nitrogen and oxygen atoms in total. The van der Waals surface area contributed by atoms with Crippen LogP contribution in [0.1, 0.15) is 17.0 Å². The largest absolute Gasteiger partial charge is 0.319 e. The zero-order valence-corrected chi connectivity index (χ0v) is 10.3. The predicted octanol–water partition coefficient (Wildman–Crippen LogP) is 3.23. The summed E-state index contributed by atoms with van der Waals surface area (Å²) in [5.74, 6) is 0.545. The Balaban J connectivity index is 2.13. The number of benzene rings is 2. The zero-order chi connectivity index (χ0) is 11.9. The second kappa shape index (κ2) is 6.21. The SMILES string of the molecule is CNCC(Cc1ccccc1)c1ccccc1. The van der Waals surface area contributed by atoms with Crippen LogP contribution in [0.4, 0.5) is 0 Å². The van der Waals surface area contributed by atoms with Crippen LogP contribution < -0.4 is 5.32 Å². The van der Waals surface area contributed by atoms with Gasteiger partial charge in [0.2, 0.25) is 0 Å². The molecule has 0 spiro atoms. The summed E-state index contributed by atoms with van der Waals surface area (Å²) in [7, 11) is 2.01. The third-order valence-corrected chi connectivity index (χ3v) is 3.05. The van der Waals surface area contributed by atoms with Gasteiger partial charge in [0.15, 0.2) is 0 Å². The van der Waals surface area contributed by atoms with Crippen LogP contribution in [-0.4, -0.2) is 13.6 Å². The summed E-state index contributed by atoms with van der Waals surface area (Å²) in [5.41, 5.74) is 2.81. The van der Waals surface area contributed by atoms with Gasteiger partial charge in [-0.15, -0.1) is 0 Å². The third kappa shape index (κ3) is 3.43. The molecule has 0 fully saturated rings. The quantitative estimate of drug-likeness (QED) is 0.823. The molecule has 2 aromatic carbocycles. The molecule has 2 rings (SSSR count). The Kier molecular flexibility index (Phi) is 4.34. The number of nitrogens with one attached hydrogen (secondary N) is 1. The molecule has 0 aliphatic rings. The van der Waals surface area contributed by atoms with Crippen molar-refractivity contribution in [3.8, 4) is 0 Å². The van der Waals surface area contributed by atoms with E-state index in [1.807, 2.05) is 7.05 Å². The molecule has 1 heteroatoms. The molecule has 0 saturated heterocycles. The third-order valence-electron chi connectivity index (χ3n) is 3.05. The van der Waals surface area contributed by atoms with E-state index in [1.54, 1.807) is 0 Å². The lowest BCUT2D eigenvalue weighted by Crippen LogP contribution is -2.19. The number of hydrogen-bond acceptors (Lipinski definition) is 1. The van der Waals surface area contributed by atoms with Gasteiger partial charge in [0.05, 0.1) is 0 Å². The van der Waals surface area contributed by atoms with Crippen LogP contribution in [0.25, 0.3) is 0 Å². The minimum atomic E-state index is 0.545. The summed E-state index contributed by atoms with van der Waals surface area (Å²) in [6.45, 7) is 1.01. The topological polar surface area (TPSA) is 12.0 Å². The van der Waals surface area contributed by atoms with Gasteiger partial charge in [-0.25, -0.2) is 0 Å². The first-order chi connectivity index (χ1) is 8.40. The van der Waals surface area contributed by atoms with Crippen molar-refractivity contribution in [2.75, 3.05) is 13.6 Å². The van der Waals surface area contributed by atoms with Gasteiger partial charge in [-0.2, -0.15) is 0 Å². The zero-order valence-electron chi connectivity index (χ0n) is 10.3. The molecule has 0 radical (unpaired) electrons. The maximum Gasteiger partial charge on any atom is 0.00203 e. The predicted molar refractivity (Wildman–Crippen MR) is 73.3 cm³/mol. The molecule has 88 valence electrons. The van der Waals surface area contributed by atoms with Gasteiger partial charge in [0.1, 0.15) is 0 Å². The monoisotopic (exact) mass is 225 g/mol. The second-order valence-electron chi connectivity index (χ2n) is 4.36. The number of hydrogen-bond donors (Lipinski definition) is 1. The van der Waals surface area contributed by atoms with Gasteiger partial charge in [-0.05, 0) is 24.6 Å². The normalized spacial score (nSPS) is 12.3. The van der Waals surface area contributed by atoms with E-state index in [2.05, 4.69) is 66.0 Å². The molecule has 1 N–H and O–H groups in total. The Morgan fingerprint density at radius 3 is 2.06 bits per heavy atom. The molecule has 0 aliphatic carbocycles. The standard InChI is InChI=1S/C16H19N/c1-17-13-16(15-10-6-3-7-11-15)12-14-8-4-2-5-9-14/h2-11,16-17H,12-13H2,1H3. The highest BCUT2D eigenvalue weighted by molar-refractivity contribution is 5.24. The van der Waals surface area contributed by atoms with Crippen molar-refractivity contribution < 1.29 is 0 Å². The Labute approximate surface area is 103 Å². The van der Waals surface area contributed by atoms with Crippen molar-refractivity contribution in [1.29, 1.82) is 0 Å². The number of likely N-dealkylation sites (N-methyl/N-ethyl adjacent to an activating group) is 1. The molecule has 0 amide bonds. The van der Waals surface area contributed by atoms with E-state index in [0.717, 1.165) is 13.0 Å². The maximum atomic E-state index is 3.29. The molecular weight excluding hydrogens is 206 g/mol. The van der Waals surface area contributed by atoms with E-state index in [0.29, 0.717) is 5.92 Å². The van der Waals surface area contributed by atoms with Crippen molar-refractivity contribution in [2.24, 2.45) is 0 Å². The average molecular weight is 225 g/mol. The lowest BCUT2D eigenvalue weighted by molar-refractivity contribution is 0.626. The number of rotatable bonds is 5. The smallest absolute Gasteiger partial charge is 0.00203 e. The fourth-order valence-corrected chi connectivity index (χ4v) is 2.18. The van der Waals surface area contributed by atoms with E-state index >= 15 is 0 Å². The average Bonchev–Trinajstić information content (AvgIpc) is 2.40. The van der Waals surface area contributed by atoms with Crippen molar-refractivity contribution in [1.82, 2.24) is 5.32 Å². The van der Waals surface area contributed by atoms with Crippen molar-refractivity contribution >= 4 is 0 Å². The summed E-state index contributed by atoms with van der Waals surface area (Å²) in [6.07, 6.45) is 1.09. The van der Waals surface area contributed by atoms with Crippen molar-refractivity contribution in [3.63, 3.8) is 0 Å². The lowest BCUT2D eigenvalue weighted by atomic mass is 9.92. The van der Waals surface area contributed by atoms with E-state index in [9.17, 15) is 0 Å². The van der Waals surface area contributed by atoms with Gasteiger partial charge in [-0.3, -0.25) is 0 Å². The first kappa shape index (κ1) is 11.9. The maximum absolute atomic E-state index is 3.29. The van der Waals surface area contributed by atoms with Crippen LogP contribution in [0.3, 0.4) is 0 Å². The highest BCUT2D eigenvalue weighted by atomic mass is 14.8. The molecule has 0 aliphatic heterocycles. The van der Waals surface area contributed by atoms with E-state index in [4.69, 9.17) is 0 Å². The Bertz CT molecular complexity index is 422. The summed E-state index contributed by atoms with van der Waals surface area (Å²) < 4.78 is 0. The fraction of sp³-hybridized carbons (Fsp3) is 0.250. The van der Waals surface area contributed by atoms with Gasteiger partial charge in [-0.1, -0.05) is 60.7 Å². The minimum Gasteiger partial charge on any atom is -0.319 e. The molecule has 1 atom stereocenters. The van der Waals surface area contributed by atoms with Gasteiger partial charge < -0.3 is 5.32 Å². The Morgan fingerprint density at radius 1 is 0.882 bits per heavy atom. The van der Waals surface area contributed by atoms with Gasteiger partial charge in [0.25, 0.3) is 0 Å². The second-order valence-corrected chi connectivity index (χ2v) is 4.36. The lowest BCUT2D eigenvalue weighted by Gasteiger charge is -2.17. The first-order valence-corrected chi connectivity index (χ1v) is 6.13. The Hall–Kier alpha value is -1.60. The van der Waals surface area contributed by atoms with E-state index < -0.39 is 0 Å². The minimum absolute atomic E-state index is 0.545. The van der Waals surface area contributed by atoms with Crippen LogP contribution in [0.2, 0.25) is 0 Å². The molecular formula is C16H19N. The van der Waals surface area contributed by atoms with Crippen molar-refractivity contribution in [2.45, 2.75) is 12.3 Å². The molecule has 17 heavy (non-hydrogen) atoms. The molecule has 0 aromatic heterocycles. The Morgan fingerprint density at radius 2 is 1.47 bits per heavy atom. The molecule has 0 bridgehead atoms. The van der Waals surface area contributed by atoms with Crippen LogP contribution in [-0.2, 0) is 6.42 Å². The fourth-order valence-electron chi connectivity index (χ4n) is 2.18. The summed E-state index contributed by atoms with van der Waals surface area (Å²) in [6, 6.07) is 21.4. The van der Waals surface area contributed by atoms with Crippen LogP contribution in [0, 0.1) is 0 Å². The summed E-state index contributed by atoms with van der Waals surface area (Å²) >= 11 is 0.